The Hall–Kier alpha value is -1.26. The Kier molecular flexibility index (Phi) is 6.67. The largest absolute Gasteiger partial charge is 0.399 e. The molecule has 0 aromatic heterocycles. The van der Waals surface area contributed by atoms with Gasteiger partial charge in [-0.25, -0.2) is 0 Å². The molecular weight excluding hydrogens is 264 g/mol. The zero-order valence-corrected chi connectivity index (χ0v) is 11.7. The van der Waals surface area contributed by atoms with Gasteiger partial charge in [-0.2, -0.15) is 0 Å². The van der Waals surface area contributed by atoms with Crippen LogP contribution in [0.15, 0.2) is 24.3 Å². The highest BCUT2D eigenvalue weighted by Crippen LogP contribution is 2.13. The number of anilines is 1. The van der Waals surface area contributed by atoms with Crippen LogP contribution < -0.4 is 11.1 Å². The van der Waals surface area contributed by atoms with Crippen LogP contribution in [0.4, 0.5) is 5.69 Å². The van der Waals surface area contributed by atoms with E-state index >= 15 is 0 Å². The number of carbonyl (C=O) groups is 1. The monoisotopic (exact) mass is 284 g/mol. The number of rotatable bonds is 5. The molecule has 2 rings (SSSR count). The minimum atomic E-state index is 0. The predicted molar refractivity (Wildman–Crippen MR) is 78.4 cm³/mol. The third-order valence-electron chi connectivity index (χ3n) is 3.23. The summed E-state index contributed by atoms with van der Waals surface area (Å²) in [7, 11) is 0. The van der Waals surface area contributed by atoms with Crippen LogP contribution in [0.3, 0.4) is 0 Å². The second-order valence-corrected chi connectivity index (χ2v) is 4.64. The lowest BCUT2D eigenvalue weighted by Gasteiger charge is -2.11. The molecule has 0 radical (unpaired) electrons. The number of para-hydroxylation sites is 1. The third-order valence-corrected chi connectivity index (χ3v) is 3.23. The van der Waals surface area contributed by atoms with Crippen molar-refractivity contribution in [2.75, 3.05) is 18.9 Å². The number of nitrogens with two attached hydrogens (primary N) is 1. The lowest BCUT2D eigenvalue weighted by molar-refractivity contribution is -0.121. The molecule has 1 heterocycles. The van der Waals surface area contributed by atoms with E-state index in [9.17, 15) is 4.79 Å². The molecule has 1 atom stereocenters. The standard InChI is InChI=1S/C14H20N2O2.ClH/c15-13-6-2-1-4-11(13)7-8-14(17)16-10-12-5-3-9-18-12;/h1-2,4,6,12H,3,5,7-10,15H2,(H,16,17);1H. The van der Waals surface area contributed by atoms with Crippen molar-refractivity contribution in [3.8, 4) is 0 Å². The summed E-state index contributed by atoms with van der Waals surface area (Å²) in [5.74, 6) is 0.0637. The number of amides is 1. The zero-order chi connectivity index (χ0) is 12.8. The molecule has 1 unspecified atom stereocenters. The Morgan fingerprint density at radius 2 is 2.21 bits per heavy atom. The van der Waals surface area contributed by atoms with E-state index in [0.29, 0.717) is 19.4 Å². The summed E-state index contributed by atoms with van der Waals surface area (Å²) in [5.41, 5.74) is 7.61. The maximum atomic E-state index is 11.7. The van der Waals surface area contributed by atoms with E-state index in [2.05, 4.69) is 5.32 Å². The van der Waals surface area contributed by atoms with Gasteiger partial charge in [-0.1, -0.05) is 18.2 Å². The Labute approximate surface area is 120 Å². The summed E-state index contributed by atoms with van der Waals surface area (Å²) < 4.78 is 5.45. The summed E-state index contributed by atoms with van der Waals surface area (Å²) in [5, 5.41) is 2.91. The fourth-order valence-electron chi connectivity index (χ4n) is 2.13. The average molecular weight is 285 g/mol. The quantitative estimate of drug-likeness (QED) is 0.812. The first kappa shape index (κ1) is 15.8. The number of ether oxygens (including phenoxy) is 1. The van der Waals surface area contributed by atoms with E-state index in [-0.39, 0.29) is 24.4 Å². The molecule has 0 saturated carbocycles. The van der Waals surface area contributed by atoms with Gasteiger partial charge in [-0.15, -0.1) is 12.4 Å². The first-order chi connectivity index (χ1) is 8.75. The van der Waals surface area contributed by atoms with Gasteiger partial charge in [0.15, 0.2) is 0 Å². The maximum Gasteiger partial charge on any atom is 0.220 e. The van der Waals surface area contributed by atoms with Gasteiger partial charge in [0.05, 0.1) is 6.10 Å². The van der Waals surface area contributed by atoms with Crippen molar-refractivity contribution < 1.29 is 9.53 Å². The van der Waals surface area contributed by atoms with Crippen molar-refractivity contribution in [2.24, 2.45) is 0 Å². The molecule has 0 bridgehead atoms. The maximum absolute atomic E-state index is 11.7. The minimum absolute atomic E-state index is 0. The van der Waals surface area contributed by atoms with Crippen molar-refractivity contribution in [1.82, 2.24) is 5.32 Å². The number of carbonyl (C=O) groups excluding carboxylic acids is 1. The van der Waals surface area contributed by atoms with Crippen molar-refractivity contribution in [1.29, 1.82) is 0 Å². The number of aryl methyl sites for hydroxylation is 1. The van der Waals surface area contributed by atoms with Gasteiger partial charge in [0.2, 0.25) is 5.91 Å². The van der Waals surface area contributed by atoms with Crippen LogP contribution in [0.5, 0.6) is 0 Å². The SMILES string of the molecule is Cl.Nc1ccccc1CCC(=O)NCC1CCCO1. The van der Waals surface area contributed by atoms with E-state index in [1.165, 1.54) is 0 Å². The molecule has 1 aliphatic heterocycles. The van der Waals surface area contributed by atoms with Gasteiger partial charge in [-0.3, -0.25) is 4.79 Å². The van der Waals surface area contributed by atoms with Crippen LogP contribution in [-0.4, -0.2) is 25.2 Å². The highest BCUT2D eigenvalue weighted by atomic mass is 35.5. The average Bonchev–Trinajstić information content (AvgIpc) is 2.88. The van der Waals surface area contributed by atoms with Crippen LogP contribution in [-0.2, 0) is 16.0 Å². The molecular formula is C14H21ClN2O2. The lowest BCUT2D eigenvalue weighted by Crippen LogP contribution is -2.31. The number of halogens is 1. The van der Waals surface area contributed by atoms with Gasteiger partial charge >= 0.3 is 0 Å². The van der Waals surface area contributed by atoms with Gasteiger partial charge in [-0.05, 0) is 30.9 Å². The van der Waals surface area contributed by atoms with E-state index in [1.807, 2.05) is 24.3 Å². The second-order valence-electron chi connectivity index (χ2n) is 4.64. The lowest BCUT2D eigenvalue weighted by atomic mass is 10.1. The third kappa shape index (κ3) is 5.09. The molecule has 1 aliphatic rings. The first-order valence-corrected chi connectivity index (χ1v) is 6.47. The Morgan fingerprint density at radius 1 is 1.42 bits per heavy atom. The van der Waals surface area contributed by atoms with Crippen molar-refractivity contribution in [2.45, 2.75) is 31.8 Å². The number of benzene rings is 1. The number of nitrogens with one attached hydrogen (secondary N) is 1. The molecule has 5 heteroatoms. The first-order valence-electron chi connectivity index (χ1n) is 6.47. The second kappa shape index (κ2) is 8.02. The molecule has 1 saturated heterocycles. The molecule has 19 heavy (non-hydrogen) atoms. The van der Waals surface area contributed by atoms with E-state index < -0.39 is 0 Å². The predicted octanol–water partition coefficient (Wildman–Crippen LogP) is 1.92. The van der Waals surface area contributed by atoms with Crippen LogP contribution in [0.25, 0.3) is 0 Å². The molecule has 3 N–H and O–H groups in total. The Morgan fingerprint density at radius 3 is 2.89 bits per heavy atom. The molecule has 1 aromatic carbocycles. The summed E-state index contributed by atoms with van der Waals surface area (Å²) in [4.78, 5) is 11.7. The van der Waals surface area contributed by atoms with Crippen molar-refractivity contribution >= 4 is 24.0 Å². The van der Waals surface area contributed by atoms with Gasteiger partial charge < -0.3 is 15.8 Å². The van der Waals surface area contributed by atoms with Gasteiger partial charge in [0, 0.05) is 25.3 Å². The minimum Gasteiger partial charge on any atom is -0.399 e. The number of hydrogen-bond acceptors (Lipinski definition) is 3. The highest BCUT2D eigenvalue weighted by Gasteiger charge is 2.15. The summed E-state index contributed by atoms with van der Waals surface area (Å²) in [6.45, 7) is 1.45. The van der Waals surface area contributed by atoms with Crippen LogP contribution in [0, 0.1) is 0 Å². The molecule has 106 valence electrons. The number of nitrogen functional groups attached to an aromatic ring is 1. The smallest absolute Gasteiger partial charge is 0.220 e. The normalized spacial score (nSPS) is 17.8. The summed E-state index contributed by atoms with van der Waals surface area (Å²) in [6.07, 6.45) is 3.51. The van der Waals surface area contributed by atoms with Gasteiger partial charge in [0.1, 0.15) is 0 Å². The van der Waals surface area contributed by atoms with Crippen LogP contribution in [0.1, 0.15) is 24.8 Å². The fraction of sp³-hybridized carbons (Fsp3) is 0.500. The van der Waals surface area contributed by atoms with Crippen molar-refractivity contribution in [3.63, 3.8) is 0 Å². The van der Waals surface area contributed by atoms with Crippen LogP contribution in [0.2, 0.25) is 0 Å². The van der Waals surface area contributed by atoms with E-state index in [4.69, 9.17) is 10.5 Å². The molecule has 0 aliphatic carbocycles. The molecule has 1 aromatic rings. The van der Waals surface area contributed by atoms with Crippen LogP contribution >= 0.6 is 12.4 Å². The topological polar surface area (TPSA) is 64.4 Å². The fourth-order valence-corrected chi connectivity index (χ4v) is 2.13. The summed E-state index contributed by atoms with van der Waals surface area (Å²) in [6, 6.07) is 7.66. The molecule has 4 nitrogen and oxygen atoms in total. The summed E-state index contributed by atoms with van der Waals surface area (Å²) >= 11 is 0. The molecule has 1 fully saturated rings. The Balaban J connectivity index is 0.00000180. The molecule has 0 spiro atoms. The van der Waals surface area contributed by atoms with Gasteiger partial charge in [0.25, 0.3) is 0 Å². The number of hydrogen-bond donors (Lipinski definition) is 2. The Bertz CT molecular complexity index is 406. The van der Waals surface area contributed by atoms with E-state index in [0.717, 1.165) is 30.7 Å². The van der Waals surface area contributed by atoms with E-state index in [1.54, 1.807) is 0 Å². The van der Waals surface area contributed by atoms with Crippen molar-refractivity contribution in [3.05, 3.63) is 29.8 Å². The highest BCUT2D eigenvalue weighted by molar-refractivity contribution is 5.85. The zero-order valence-electron chi connectivity index (χ0n) is 10.9. The molecule has 1 amide bonds.